The van der Waals surface area contributed by atoms with Gasteiger partial charge in [0, 0.05) is 6.04 Å². The van der Waals surface area contributed by atoms with Gasteiger partial charge in [0.2, 0.25) is 0 Å². The van der Waals surface area contributed by atoms with Crippen LogP contribution in [0.2, 0.25) is 0 Å². The van der Waals surface area contributed by atoms with Crippen molar-refractivity contribution in [3.8, 4) is 5.75 Å². The van der Waals surface area contributed by atoms with Crippen LogP contribution in [0.4, 0.5) is 0 Å². The quantitative estimate of drug-likeness (QED) is 0.806. The standard InChI is InChI=1S/C14H21NO3S/c16-19(17)11-4-6-13(12-19)15-9-5-10-18-14-7-2-1-3-8-14/h1-3,7-8,13,15H,4-6,9-12H2. The predicted octanol–water partition coefficient (Wildman–Crippen LogP) is 1.62. The van der Waals surface area contributed by atoms with Crippen LogP contribution in [-0.4, -0.2) is 39.1 Å². The third kappa shape index (κ3) is 5.20. The smallest absolute Gasteiger partial charge is 0.151 e. The summed E-state index contributed by atoms with van der Waals surface area (Å²) in [5.41, 5.74) is 0. The van der Waals surface area contributed by atoms with E-state index in [1.807, 2.05) is 30.3 Å². The Bertz CT molecular complexity index is 473. The molecule has 2 rings (SSSR count). The summed E-state index contributed by atoms with van der Waals surface area (Å²) in [5, 5.41) is 3.30. The Hall–Kier alpha value is -1.07. The number of hydrogen-bond acceptors (Lipinski definition) is 4. The molecule has 0 spiro atoms. The highest BCUT2D eigenvalue weighted by atomic mass is 32.2. The highest BCUT2D eigenvalue weighted by Gasteiger charge is 2.23. The van der Waals surface area contributed by atoms with Crippen LogP contribution in [-0.2, 0) is 9.84 Å². The van der Waals surface area contributed by atoms with Crippen molar-refractivity contribution < 1.29 is 13.2 Å². The van der Waals surface area contributed by atoms with Crippen molar-refractivity contribution in [3.05, 3.63) is 30.3 Å². The number of hydrogen-bond donors (Lipinski definition) is 1. The molecular weight excluding hydrogens is 262 g/mol. The molecule has 4 nitrogen and oxygen atoms in total. The average Bonchev–Trinajstić information content (AvgIpc) is 2.38. The Balaban J connectivity index is 1.59. The fraction of sp³-hybridized carbons (Fsp3) is 0.571. The van der Waals surface area contributed by atoms with E-state index in [4.69, 9.17) is 4.74 Å². The molecule has 1 fully saturated rings. The highest BCUT2D eigenvalue weighted by molar-refractivity contribution is 7.91. The fourth-order valence-corrected chi connectivity index (χ4v) is 3.94. The van der Waals surface area contributed by atoms with Gasteiger partial charge in [0.1, 0.15) is 5.75 Å². The topological polar surface area (TPSA) is 55.4 Å². The molecule has 1 N–H and O–H groups in total. The molecule has 0 aliphatic carbocycles. The highest BCUT2D eigenvalue weighted by Crippen LogP contribution is 2.12. The Morgan fingerprint density at radius 1 is 1.26 bits per heavy atom. The van der Waals surface area contributed by atoms with Crippen LogP contribution in [0.3, 0.4) is 0 Å². The summed E-state index contributed by atoms with van der Waals surface area (Å²) in [6.45, 7) is 1.45. The zero-order chi connectivity index (χ0) is 13.6. The van der Waals surface area contributed by atoms with Crippen molar-refractivity contribution in [3.63, 3.8) is 0 Å². The van der Waals surface area contributed by atoms with E-state index in [1.54, 1.807) is 0 Å². The molecule has 0 saturated carbocycles. The Labute approximate surface area is 115 Å². The van der Waals surface area contributed by atoms with Gasteiger partial charge in [0.15, 0.2) is 9.84 Å². The minimum Gasteiger partial charge on any atom is -0.494 e. The average molecular weight is 283 g/mol. The zero-order valence-corrected chi connectivity index (χ0v) is 11.9. The van der Waals surface area contributed by atoms with E-state index in [0.717, 1.165) is 31.6 Å². The summed E-state index contributed by atoms with van der Waals surface area (Å²) >= 11 is 0. The maximum absolute atomic E-state index is 11.5. The number of ether oxygens (including phenoxy) is 1. The summed E-state index contributed by atoms with van der Waals surface area (Å²) in [6, 6.07) is 9.83. The number of benzene rings is 1. The fourth-order valence-electron chi connectivity index (χ4n) is 2.27. The monoisotopic (exact) mass is 283 g/mol. The van der Waals surface area contributed by atoms with E-state index in [1.165, 1.54) is 0 Å². The van der Waals surface area contributed by atoms with E-state index in [-0.39, 0.29) is 11.8 Å². The number of para-hydroxylation sites is 1. The molecule has 1 aromatic carbocycles. The van der Waals surface area contributed by atoms with Crippen LogP contribution in [0.25, 0.3) is 0 Å². The molecule has 1 saturated heterocycles. The van der Waals surface area contributed by atoms with Crippen LogP contribution >= 0.6 is 0 Å². The molecular formula is C14H21NO3S. The third-order valence-corrected chi connectivity index (χ3v) is 5.05. The lowest BCUT2D eigenvalue weighted by Crippen LogP contribution is -2.40. The number of nitrogens with one attached hydrogen (secondary N) is 1. The minimum atomic E-state index is -2.81. The largest absolute Gasteiger partial charge is 0.494 e. The van der Waals surface area contributed by atoms with Crippen molar-refractivity contribution in [1.82, 2.24) is 5.32 Å². The first-order valence-corrected chi connectivity index (χ1v) is 8.59. The van der Waals surface area contributed by atoms with Gasteiger partial charge in [-0.05, 0) is 37.9 Å². The van der Waals surface area contributed by atoms with Crippen molar-refractivity contribution in [2.45, 2.75) is 25.3 Å². The predicted molar refractivity (Wildman–Crippen MR) is 76.2 cm³/mol. The van der Waals surface area contributed by atoms with E-state index in [2.05, 4.69) is 5.32 Å². The van der Waals surface area contributed by atoms with E-state index in [9.17, 15) is 8.42 Å². The molecule has 1 aliphatic rings. The Kier molecular flexibility index (Phi) is 5.22. The molecule has 0 aromatic heterocycles. The molecule has 0 bridgehead atoms. The molecule has 1 aromatic rings. The lowest BCUT2D eigenvalue weighted by Gasteiger charge is -2.23. The van der Waals surface area contributed by atoms with Gasteiger partial charge in [-0.2, -0.15) is 0 Å². The van der Waals surface area contributed by atoms with Gasteiger partial charge < -0.3 is 10.1 Å². The SMILES string of the molecule is O=S1(=O)CCCC(NCCCOc2ccccc2)C1. The number of sulfone groups is 1. The lowest BCUT2D eigenvalue weighted by atomic mass is 10.2. The van der Waals surface area contributed by atoms with Crippen molar-refractivity contribution in [1.29, 1.82) is 0 Å². The second-order valence-corrected chi connectivity index (χ2v) is 7.15. The lowest BCUT2D eigenvalue weighted by molar-refractivity contribution is 0.304. The zero-order valence-electron chi connectivity index (χ0n) is 11.0. The first-order valence-electron chi connectivity index (χ1n) is 6.77. The van der Waals surface area contributed by atoms with Crippen molar-refractivity contribution in [2.75, 3.05) is 24.7 Å². The normalized spacial score (nSPS) is 22.0. The van der Waals surface area contributed by atoms with Gasteiger partial charge >= 0.3 is 0 Å². The first-order chi connectivity index (χ1) is 9.16. The molecule has 1 unspecified atom stereocenters. The van der Waals surface area contributed by atoms with Gasteiger partial charge in [-0.3, -0.25) is 0 Å². The van der Waals surface area contributed by atoms with Gasteiger partial charge in [-0.15, -0.1) is 0 Å². The van der Waals surface area contributed by atoms with Gasteiger partial charge in [-0.25, -0.2) is 8.42 Å². The molecule has 19 heavy (non-hydrogen) atoms. The third-order valence-electron chi connectivity index (χ3n) is 3.23. The Morgan fingerprint density at radius 2 is 2.05 bits per heavy atom. The summed E-state index contributed by atoms with van der Waals surface area (Å²) in [5.74, 6) is 1.51. The van der Waals surface area contributed by atoms with Crippen LogP contribution in [0.1, 0.15) is 19.3 Å². The number of rotatable bonds is 6. The van der Waals surface area contributed by atoms with Crippen LogP contribution < -0.4 is 10.1 Å². The summed E-state index contributed by atoms with van der Waals surface area (Å²) in [4.78, 5) is 0. The van der Waals surface area contributed by atoms with Gasteiger partial charge in [0.25, 0.3) is 0 Å². The summed E-state index contributed by atoms with van der Waals surface area (Å²) in [7, 11) is -2.81. The summed E-state index contributed by atoms with van der Waals surface area (Å²) in [6.07, 6.45) is 2.62. The molecule has 0 radical (unpaired) electrons. The maximum Gasteiger partial charge on any atom is 0.151 e. The first kappa shape index (κ1) is 14.3. The van der Waals surface area contributed by atoms with Crippen molar-refractivity contribution in [2.24, 2.45) is 0 Å². The molecule has 5 heteroatoms. The second kappa shape index (κ2) is 6.91. The molecule has 1 aliphatic heterocycles. The minimum absolute atomic E-state index is 0.121. The molecule has 106 valence electrons. The molecule has 1 atom stereocenters. The maximum atomic E-state index is 11.5. The van der Waals surface area contributed by atoms with Crippen LogP contribution in [0.15, 0.2) is 30.3 Å². The van der Waals surface area contributed by atoms with Crippen LogP contribution in [0, 0.1) is 0 Å². The van der Waals surface area contributed by atoms with Crippen LogP contribution in [0.5, 0.6) is 5.75 Å². The summed E-state index contributed by atoms with van der Waals surface area (Å²) < 4.78 is 28.5. The van der Waals surface area contributed by atoms with E-state index in [0.29, 0.717) is 12.4 Å². The van der Waals surface area contributed by atoms with Gasteiger partial charge in [-0.1, -0.05) is 18.2 Å². The molecule has 1 heterocycles. The Morgan fingerprint density at radius 3 is 2.79 bits per heavy atom. The van der Waals surface area contributed by atoms with E-state index >= 15 is 0 Å². The van der Waals surface area contributed by atoms with Crippen molar-refractivity contribution >= 4 is 9.84 Å². The van der Waals surface area contributed by atoms with Gasteiger partial charge in [0.05, 0.1) is 18.1 Å². The molecule has 0 amide bonds. The second-order valence-electron chi connectivity index (χ2n) is 4.92. The van der Waals surface area contributed by atoms with E-state index < -0.39 is 9.84 Å².